The highest BCUT2D eigenvalue weighted by molar-refractivity contribution is 7.89. The summed E-state index contributed by atoms with van der Waals surface area (Å²) in [7, 11) is -3.82. The molecule has 6 nitrogen and oxygen atoms in total. The maximum absolute atomic E-state index is 12.1. The molecule has 0 aliphatic rings. The van der Waals surface area contributed by atoms with Crippen LogP contribution in [-0.4, -0.2) is 37.5 Å². The molecule has 0 aliphatic heterocycles. The summed E-state index contributed by atoms with van der Waals surface area (Å²) in [6.07, 6.45) is -1.49. The molecule has 19 heavy (non-hydrogen) atoms. The molecule has 0 saturated heterocycles. The molecule has 0 bridgehead atoms. The minimum Gasteiger partial charge on any atom is -0.330 e. The SMILES string of the molecule is NCCCCNS(=O)(=O)c1cnn(CC(F)(F)F)c1. The summed E-state index contributed by atoms with van der Waals surface area (Å²) in [6, 6.07) is 0. The molecule has 110 valence electrons. The Labute approximate surface area is 108 Å². The van der Waals surface area contributed by atoms with E-state index in [4.69, 9.17) is 5.73 Å². The summed E-state index contributed by atoms with van der Waals surface area (Å²) >= 11 is 0. The van der Waals surface area contributed by atoms with Crippen molar-refractivity contribution in [3.63, 3.8) is 0 Å². The maximum atomic E-state index is 12.1. The predicted molar refractivity (Wildman–Crippen MR) is 61.8 cm³/mol. The van der Waals surface area contributed by atoms with Crippen LogP contribution in [0.4, 0.5) is 13.2 Å². The molecule has 1 rings (SSSR count). The summed E-state index contributed by atoms with van der Waals surface area (Å²) < 4.78 is 62.5. The average Bonchev–Trinajstić information content (AvgIpc) is 2.71. The Morgan fingerprint density at radius 3 is 2.63 bits per heavy atom. The summed E-state index contributed by atoms with van der Waals surface area (Å²) in [4.78, 5) is -0.288. The number of sulfonamides is 1. The number of alkyl halides is 3. The summed E-state index contributed by atoms with van der Waals surface area (Å²) in [5, 5.41) is 3.37. The van der Waals surface area contributed by atoms with Gasteiger partial charge in [-0.2, -0.15) is 18.3 Å². The smallest absolute Gasteiger partial charge is 0.330 e. The third-order valence-electron chi connectivity index (χ3n) is 2.18. The van der Waals surface area contributed by atoms with E-state index in [1.165, 1.54) is 0 Å². The van der Waals surface area contributed by atoms with E-state index in [1.807, 2.05) is 0 Å². The third kappa shape index (κ3) is 5.57. The Kier molecular flexibility index (Phi) is 5.32. The quantitative estimate of drug-likeness (QED) is 0.716. The van der Waals surface area contributed by atoms with Crippen LogP contribution in [0.15, 0.2) is 17.3 Å². The molecule has 0 aliphatic carbocycles. The van der Waals surface area contributed by atoms with Crippen molar-refractivity contribution in [2.75, 3.05) is 13.1 Å². The molecular weight excluding hydrogens is 285 g/mol. The number of nitrogens with zero attached hydrogens (tertiary/aromatic N) is 2. The fraction of sp³-hybridized carbons (Fsp3) is 0.667. The lowest BCUT2D eigenvalue weighted by atomic mass is 10.3. The highest BCUT2D eigenvalue weighted by Crippen LogP contribution is 2.18. The number of unbranched alkanes of at least 4 members (excludes halogenated alkanes) is 1. The van der Waals surface area contributed by atoms with E-state index in [2.05, 4.69) is 9.82 Å². The van der Waals surface area contributed by atoms with Crippen LogP contribution in [0.5, 0.6) is 0 Å². The van der Waals surface area contributed by atoms with E-state index in [9.17, 15) is 21.6 Å². The van der Waals surface area contributed by atoms with E-state index in [1.54, 1.807) is 0 Å². The zero-order valence-corrected chi connectivity index (χ0v) is 10.8. The fourth-order valence-electron chi connectivity index (χ4n) is 1.31. The van der Waals surface area contributed by atoms with Gasteiger partial charge in [-0.3, -0.25) is 4.68 Å². The van der Waals surface area contributed by atoms with Crippen LogP contribution in [-0.2, 0) is 16.6 Å². The molecule has 0 aromatic carbocycles. The predicted octanol–water partition coefficient (Wildman–Crippen LogP) is 0.463. The lowest BCUT2D eigenvalue weighted by Crippen LogP contribution is -2.25. The van der Waals surface area contributed by atoms with Crippen LogP contribution in [0.2, 0.25) is 0 Å². The van der Waals surface area contributed by atoms with E-state index < -0.39 is 22.7 Å². The number of rotatable bonds is 7. The van der Waals surface area contributed by atoms with Crippen molar-refractivity contribution in [3.8, 4) is 0 Å². The van der Waals surface area contributed by atoms with Gasteiger partial charge in [0.1, 0.15) is 11.4 Å². The van der Waals surface area contributed by atoms with Gasteiger partial charge in [0.2, 0.25) is 10.0 Å². The fourth-order valence-corrected chi connectivity index (χ4v) is 2.34. The topological polar surface area (TPSA) is 90.0 Å². The van der Waals surface area contributed by atoms with E-state index in [-0.39, 0.29) is 11.4 Å². The first-order valence-electron chi connectivity index (χ1n) is 5.53. The van der Waals surface area contributed by atoms with Crippen molar-refractivity contribution < 1.29 is 21.6 Å². The lowest BCUT2D eigenvalue weighted by Gasteiger charge is -2.05. The van der Waals surface area contributed by atoms with Gasteiger partial charge >= 0.3 is 6.18 Å². The Morgan fingerprint density at radius 1 is 1.37 bits per heavy atom. The molecule has 0 saturated carbocycles. The molecule has 0 radical (unpaired) electrons. The highest BCUT2D eigenvalue weighted by Gasteiger charge is 2.29. The van der Waals surface area contributed by atoms with Crippen molar-refractivity contribution in [3.05, 3.63) is 12.4 Å². The summed E-state index contributed by atoms with van der Waals surface area (Å²) in [5.74, 6) is 0. The zero-order chi connectivity index (χ0) is 14.5. The first-order chi connectivity index (χ1) is 8.74. The normalized spacial score (nSPS) is 12.8. The molecule has 0 atom stereocenters. The number of halogens is 3. The minimum atomic E-state index is -4.44. The first kappa shape index (κ1) is 15.9. The Hall–Kier alpha value is -1.13. The van der Waals surface area contributed by atoms with E-state index in [0.717, 1.165) is 12.4 Å². The second-order valence-electron chi connectivity index (χ2n) is 3.88. The highest BCUT2D eigenvalue weighted by atomic mass is 32.2. The molecular formula is C9H15F3N4O2S. The van der Waals surface area contributed by atoms with Gasteiger partial charge in [0.25, 0.3) is 0 Å². The zero-order valence-electron chi connectivity index (χ0n) is 10.0. The van der Waals surface area contributed by atoms with Gasteiger partial charge in [-0.05, 0) is 19.4 Å². The van der Waals surface area contributed by atoms with Gasteiger partial charge in [-0.25, -0.2) is 13.1 Å². The van der Waals surface area contributed by atoms with Crippen LogP contribution in [0.1, 0.15) is 12.8 Å². The molecule has 1 aromatic heterocycles. The van der Waals surface area contributed by atoms with E-state index >= 15 is 0 Å². The van der Waals surface area contributed by atoms with Crippen LogP contribution in [0.3, 0.4) is 0 Å². The van der Waals surface area contributed by atoms with Gasteiger partial charge < -0.3 is 5.73 Å². The molecule has 0 unspecified atom stereocenters. The molecule has 1 aromatic rings. The van der Waals surface area contributed by atoms with Crippen LogP contribution >= 0.6 is 0 Å². The van der Waals surface area contributed by atoms with Crippen LogP contribution in [0.25, 0.3) is 0 Å². The standard InChI is InChI=1S/C9H15F3N4O2S/c10-9(11,12)7-16-6-8(5-14-16)19(17,18)15-4-2-1-3-13/h5-6,15H,1-4,7,13H2. The first-order valence-corrected chi connectivity index (χ1v) is 7.02. The number of nitrogens with two attached hydrogens (primary N) is 1. The number of nitrogens with one attached hydrogen (secondary N) is 1. The van der Waals surface area contributed by atoms with Crippen molar-refractivity contribution >= 4 is 10.0 Å². The average molecular weight is 300 g/mol. The second-order valence-corrected chi connectivity index (χ2v) is 5.65. The van der Waals surface area contributed by atoms with Crippen molar-refractivity contribution in [2.45, 2.75) is 30.5 Å². The van der Waals surface area contributed by atoms with Gasteiger partial charge in [0.15, 0.2) is 0 Å². The van der Waals surface area contributed by atoms with Crippen LogP contribution < -0.4 is 10.5 Å². The number of hydrogen-bond donors (Lipinski definition) is 2. The van der Waals surface area contributed by atoms with Gasteiger partial charge in [-0.1, -0.05) is 0 Å². The number of aromatic nitrogens is 2. The van der Waals surface area contributed by atoms with Gasteiger partial charge in [-0.15, -0.1) is 0 Å². The second kappa shape index (κ2) is 6.35. The van der Waals surface area contributed by atoms with E-state index in [0.29, 0.717) is 24.1 Å². The Morgan fingerprint density at radius 2 is 2.05 bits per heavy atom. The van der Waals surface area contributed by atoms with Crippen molar-refractivity contribution in [1.82, 2.24) is 14.5 Å². The van der Waals surface area contributed by atoms with Crippen molar-refractivity contribution in [1.29, 1.82) is 0 Å². The van der Waals surface area contributed by atoms with Crippen molar-refractivity contribution in [2.24, 2.45) is 5.73 Å². The molecule has 10 heteroatoms. The third-order valence-corrected chi connectivity index (χ3v) is 3.60. The van der Waals surface area contributed by atoms with Gasteiger partial charge in [0, 0.05) is 12.7 Å². The minimum absolute atomic E-state index is 0.185. The van der Waals surface area contributed by atoms with Gasteiger partial charge in [0.05, 0.1) is 6.20 Å². The summed E-state index contributed by atoms with van der Waals surface area (Å²) in [5.41, 5.74) is 5.25. The summed E-state index contributed by atoms with van der Waals surface area (Å²) in [6.45, 7) is -0.690. The molecule has 1 heterocycles. The lowest BCUT2D eigenvalue weighted by molar-refractivity contribution is -0.142. The van der Waals surface area contributed by atoms with Crippen LogP contribution in [0, 0.1) is 0 Å². The Bertz CT molecular complexity index is 498. The Balaban J connectivity index is 2.64. The number of hydrogen-bond acceptors (Lipinski definition) is 4. The molecule has 0 amide bonds. The maximum Gasteiger partial charge on any atom is 0.408 e. The molecule has 0 spiro atoms. The molecule has 3 N–H and O–H groups in total. The largest absolute Gasteiger partial charge is 0.408 e. The molecule has 0 fully saturated rings. The monoisotopic (exact) mass is 300 g/mol.